The molecular weight excluding hydrogens is 427 g/mol. The Kier molecular flexibility index (Phi) is 8.94. The van der Waals surface area contributed by atoms with E-state index in [1.807, 2.05) is 32.0 Å². The van der Waals surface area contributed by atoms with Crippen molar-refractivity contribution in [2.75, 3.05) is 13.5 Å². The number of aromatic hydroxyl groups is 1. The van der Waals surface area contributed by atoms with E-state index in [9.17, 15) is 14.5 Å². The molecule has 0 saturated heterocycles. The average Bonchev–Trinajstić information content (AvgIpc) is 2.64. The lowest BCUT2D eigenvalue weighted by Crippen LogP contribution is -2.14. The lowest BCUT2D eigenvalue weighted by molar-refractivity contribution is -0.00696. The molecule has 1 N–H and O–H groups in total. The predicted octanol–water partition coefficient (Wildman–Crippen LogP) is 6.67. The van der Waals surface area contributed by atoms with E-state index in [-0.39, 0.29) is 18.2 Å². The maximum atomic E-state index is 12.8. The fraction of sp³-hybridized carbons (Fsp3) is 0.480. The fourth-order valence-corrected chi connectivity index (χ4v) is 4.84. The highest BCUT2D eigenvalue weighted by Gasteiger charge is 2.20. The molecule has 1 atom stereocenters. The highest BCUT2D eigenvalue weighted by Crippen LogP contribution is 2.46. The van der Waals surface area contributed by atoms with Gasteiger partial charge in [0.1, 0.15) is 5.75 Å². The zero-order valence-electron chi connectivity index (χ0n) is 20.1. The van der Waals surface area contributed by atoms with Crippen LogP contribution in [0.1, 0.15) is 67.0 Å². The molecule has 1 unspecified atom stereocenters. The summed E-state index contributed by atoms with van der Waals surface area (Å²) in [7, 11) is -3.01. The topological polar surface area (TPSA) is 82.1 Å². The molecule has 0 aliphatic heterocycles. The highest BCUT2D eigenvalue weighted by molar-refractivity contribution is 7.57. The van der Waals surface area contributed by atoms with Gasteiger partial charge in [0.25, 0.3) is 0 Å². The Morgan fingerprint density at radius 1 is 1.03 bits per heavy atom. The van der Waals surface area contributed by atoms with Gasteiger partial charge in [0, 0.05) is 12.8 Å². The van der Waals surface area contributed by atoms with Crippen molar-refractivity contribution in [1.29, 1.82) is 0 Å². The number of rotatable bonds is 9. The third kappa shape index (κ3) is 7.68. The number of carbonyl (C=O) groups is 1. The van der Waals surface area contributed by atoms with Gasteiger partial charge in [-0.1, -0.05) is 38.1 Å². The van der Waals surface area contributed by atoms with Crippen molar-refractivity contribution in [3.05, 3.63) is 63.7 Å². The van der Waals surface area contributed by atoms with E-state index >= 15 is 0 Å². The van der Waals surface area contributed by atoms with Gasteiger partial charge in [-0.05, 0) is 79.5 Å². The maximum Gasteiger partial charge on any atom is 0.510 e. The van der Waals surface area contributed by atoms with Crippen LogP contribution in [0.4, 0.5) is 4.79 Å². The van der Waals surface area contributed by atoms with E-state index in [2.05, 4.69) is 19.9 Å². The zero-order valence-corrected chi connectivity index (χ0v) is 21.0. The van der Waals surface area contributed by atoms with Gasteiger partial charge in [-0.3, -0.25) is 9.09 Å². The summed E-state index contributed by atoms with van der Waals surface area (Å²) in [6.45, 7) is 12.8. The predicted molar refractivity (Wildman–Crippen MR) is 127 cm³/mol. The van der Waals surface area contributed by atoms with Crippen molar-refractivity contribution in [1.82, 2.24) is 0 Å². The van der Waals surface area contributed by atoms with Gasteiger partial charge in [-0.2, -0.15) is 0 Å². The smallest absolute Gasteiger partial charge is 0.508 e. The molecule has 6 nitrogen and oxygen atoms in total. The molecule has 0 amide bonds. The van der Waals surface area contributed by atoms with Gasteiger partial charge >= 0.3 is 6.16 Å². The molecule has 0 aliphatic carbocycles. The number of benzene rings is 2. The summed E-state index contributed by atoms with van der Waals surface area (Å²) in [4.78, 5) is 11.4. The van der Waals surface area contributed by atoms with Gasteiger partial charge in [0.05, 0.1) is 6.10 Å². The molecule has 0 fully saturated rings. The Morgan fingerprint density at radius 3 is 2.22 bits per heavy atom. The molecule has 0 spiro atoms. The largest absolute Gasteiger partial charge is 0.510 e. The normalized spacial score (nSPS) is 13.3. The first-order chi connectivity index (χ1) is 14.9. The quantitative estimate of drug-likeness (QED) is 0.255. The van der Waals surface area contributed by atoms with Gasteiger partial charge in [0.15, 0.2) is 0 Å². The number of aryl methyl sites for hydroxylation is 2. The molecule has 0 radical (unpaired) electrons. The second kappa shape index (κ2) is 11.0. The first kappa shape index (κ1) is 26.0. The molecule has 0 aliphatic rings. The lowest BCUT2D eigenvalue weighted by atomic mass is 9.92. The number of phenolic OH excluding ortho intramolecular Hbond substituents is 1. The van der Waals surface area contributed by atoms with Crippen LogP contribution in [0.15, 0.2) is 30.3 Å². The van der Waals surface area contributed by atoms with Crippen molar-refractivity contribution >= 4 is 13.5 Å². The van der Waals surface area contributed by atoms with Crippen LogP contribution in [0.2, 0.25) is 0 Å². The highest BCUT2D eigenvalue weighted by atomic mass is 31.2. The molecule has 0 bridgehead atoms. The minimum Gasteiger partial charge on any atom is -0.508 e. The molecule has 0 heterocycles. The minimum atomic E-state index is -3.01. The van der Waals surface area contributed by atoms with E-state index in [0.717, 1.165) is 34.2 Å². The third-order valence-electron chi connectivity index (χ3n) is 5.15. The first-order valence-electron chi connectivity index (χ1n) is 10.8. The van der Waals surface area contributed by atoms with Gasteiger partial charge in [-0.25, -0.2) is 4.79 Å². The second-order valence-corrected chi connectivity index (χ2v) is 11.5. The van der Waals surface area contributed by atoms with Gasteiger partial charge in [-0.15, -0.1) is 0 Å². The average molecular weight is 463 g/mol. The number of hydrogen-bond acceptors (Lipinski definition) is 6. The van der Waals surface area contributed by atoms with Crippen molar-refractivity contribution in [2.45, 2.75) is 66.1 Å². The second-order valence-electron chi connectivity index (χ2n) is 8.91. The van der Waals surface area contributed by atoms with E-state index in [1.54, 1.807) is 19.9 Å². The summed E-state index contributed by atoms with van der Waals surface area (Å²) in [5.74, 6) is 0.571. The zero-order chi connectivity index (χ0) is 24.1. The van der Waals surface area contributed by atoms with Gasteiger partial charge < -0.3 is 14.6 Å². The molecule has 2 aromatic rings. The van der Waals surface area contributed by atoms with E-state index < -0.39 is 20.3 Å². The third-order valence-corrected chi connectivity index (χ3v) is 6.75. The summed E-state index contributed by atoms with van der Waals surface area (Å²) in [6, 6.07) is 9.82. The van der Waals surface area contributed by atoms with E-state index in [1.165, 1.54) is 12.2 Å². The number of carbonyl (C=O) groups excluding carboxylic acids is 1. The molecule has 0 aromatic heterocycles. The van der Waals surface area contributed by atoms with Crippen LogP contribution in [-0.4, -0.2) is 30.8 Å². The Labute approximate surface area is 191 Å². The van der Waals surface area contributed by atoms with Crippen molar-refractivity contribution < 1.29 is 28.5 Å². The molecule has 32 heavy (non-hydrogen) atoms. The Hall–Kier alpha value is -2.30. The van der Waals surface area contributed by atoms with Crippen LogP contribution in [0.25, 0.3) is 0 Å². The Balaban J connectivity index is 2.08. The molecule has 0 saturated carbocycles. The van der Waals surface area contributed by atoms with Crippen LogP contribution in [0, 0.1) is 13.8 Å². The summed E-state index contributed by atoms with van der Waals surface area (Å²) < 4.78 is 27.9. The maximum absolute atomic E-state index is 12.8. The molecule has 7 heteroatoms. The first-order valence-corrected chi connectivity index (χ1v) is 13.1. The van der Waals surface area contributed by atoms with Gasteiger partial charge in [0.2, 0.25) is 14.2 Å². The van der Waals surface area contributed by atoms with Crippen LogP contribution < -0.4 is 0 Å². The lowest BCUT2D eigenvalue weighted by Gasteiger charge is -2.18. The van der Waals surface area contributed by atoms with Crippen LogP contribution in [0.5, 0.6) is 5.75 Å². The minimum absolute atomic E-state index is 0.244. The van der Waals surface area contributed by atoms with Crippen molar-refractivity contribution in [2.24, 2.45) is 0 Å². The van der Waals surface area contributed by atoms with Crippen molar-refractivity contribution in [3.8, 4) is 5.75 Å². The molecule has 2 aromatic carbocycles. The van der Waals surface area contributed by atoms with Crippen LogP contribution in [-0.2, 0) is 31.1 Å². The Morgan fingerprint density at radius 2 is 1.66 bits per heavy atom. The molecule has 2 rings (SSSR count). The van der Waals surface area contributed by atoms with Crippen LogP contribution in [0.3, 0.4) is 0 Å². The van der Waals surface area contributed by atoms with E-state index in [4.69, 9.17) is 14.0 Å². The fourth-order valence-electron chi connectivity index (χ4n) is 3.62. The number of hydrogen-bond donors (Lipinski definition) is 1. The summed E-state index contributed by atoms with van der Waals surface area (Å²) in [5, 5.41) is 10.1. The van der Waals surface area contributed by atoms with Crippen LogP contribution >= 0.6 is 7.37 Å². The molecule has 176 valence electrons. The molecular formula is C25H35O6P. The number of ether oxygens (including phenoxy) is 2. The van der Waals surface area contributed by atoms with Crippen molar-refractivity contribution in [3.63, 3.8) is 0 Å². The number of phenols is 1. The Bertz CT molecular complexity index is 973. The summed E-state index contributed by atoms with van der Waals surface area (Å²) in [5.41, 5.74) is 6.42. The summed E-state index contributed by atoms with van der Waals surface area (Å²) in [6.07, 6.45) is -0.136. The SMILES string of the molecule is Cc1cc(CP(C)(=O)OCOC(=O)OC(C)C)cc(C)c1Cc1ccc(O)c(C(C)C)c1. The van der Waals surface area contributed by atoms with E-state index in [0.29, 0.717) is 5.75 Å². The standard InChI is InChI=1S/C25H35O6P/c1-16(2)22-12-20(8-9-24(22)26)13-23-18(5)10-21(11-19(23)6)14-32(7,28)30-15-29-25(27)31-17(3)4/h8-12,16-17,26H,13-15H2,1-7H3. The monoisotopic (exact) mass is 462 g/mol. The summed E-state index contributed by atoms with van der Waals surface area (Å²) >= 11 is 0.